The molecule has 0 unspecified atom stereocenters. The van der Waals surface area contributed by atoms with E-state index in [0.717, 1.165) is 0 Å². The smallest absolute Gasteiger partial charge is 0.255 e. The van der Waals surface area contributed by atoms with Crippen LogP contribution >= 0.6 is 11.6 Å². The number of alkyl halides is 1. The lowest BCUT2D eigenvalue weighted by Gasteiger charge is -2.17. The fourth-order valence-electron chi connectivity index (χ4n) is 2.27. The Morgan fingerprint density at radius 3 is 1.96 bits per heavy atom. The van der Waals surface area contributed by atoms with Gasteiger partial charge in [0.15, 0.2) is 0 Å². The minimum atomic E-state index is -0.365. The van der Waals surface area contributed by atoms with Gasteiger partial charge in [-0.15, -0.1) is 11.6 Å². The van der Waals surface area contributed by atoms with Crippen LogP contribution in [0.4, 0.5) is 11.4 Å². The van der Waals surface area contributed by atoms with Gasteiger partial charge in [-0.25, -0.2) is 0 Å². The van der Waals surface area contributed by atoms with Crippen LogP contribution in [0, 0.1) is 0 Å². The van der Waals surface area contributed by atoms with E-state index in [4.69, 9.17) is 21.1 Å². The zero-order valence-corrected chi connectivity index (χ0v) is 15.4. The lowest BCUT2D eigenvalue weighted by molar-refractivity contribution is -0.113. The van der Waals surface area contributed by atoms with Crippen LogP contribution in [0.2, 0.25) is 0 Å². The summed E-state index contributed by atoms with van der Waals surface area (Å²) in [7, 11) is 0. The number of benzene rings is 2. The van der Waals surface area contributed by atoms with E-state index in [0.29, 0.717) is 41.7 Å². The lowest BCUT2D eigenvalue weighted by atomic mass is 10.2. The summed E-state index contributed by atoms with van der Waals surface area (Å²) >= 11 is 5.56. The molecule has 0 heterocycles. The van der Waals surface area contributed by atoms with Crippen molar-refractivity contribution in [1.82, 2.24) is 0 Å². The molecule has 0 atom stereocenters. The molecule has 6 nitrogen and oxygen atoms in total. The van der Waals surface area contributed by atoms with Crippen molar-refractivity contribution in [2.24, 2.45) is 0 Å². The van der Waals surface area contributed by atoms with Crippen LogP contribution in [0.5, 0.6) is 11.5 Å². The van der Waals surface area contributed by atoms with Crippen LogP contribution < -0.4 is 20.1 Å². The van der Waals surface area contributed by atoms with E-state index in [1.165, 1.54) is 0 Å². The van der Waals surface area contributed by atoms with E-state index < -0.39 is 0 Å². The van der Waals surface area contributed by atoms with Gasteiger partial charge in [-0.05, 0) is 26.0 Å². The summed E-state index contributed by atoms with van der Waals surface area (Å²) in [6.07, 6.45) is 0. The number of amides is 2. The van der Waals surface area contributed by atoms with Gasteiger partial charge in [0.1, 0.15) is 17.4 Å². The molecule has 0 spiro atoms. The highest BCUT2D eigenvalue weighted by atomic mass is 35.5. The number of ether oxygens (including phenoxy) is 2. The minimum Gasteiger partial charge on any atom is -0.492 e. The second-order valence-electron chi connectivity index (χ2n) is 5.21. The predicted molar refractivity (Wildman–Crippen MR) is 103 cm³/mol. The topological polar surface area (TPSA) is 76.7 Å². The Morgan fingerprint density at radius 2 is 1.46 bits per heavy atom. The zero-order chi connectivity index (χ0) is 18.9. The van der Waals surface area contributed by atoms with Gasteiger partial charge >= 0.3 is 0 Å². The molecule has 0 fully saturated rings. The first-order chi connectivity index (χ1) is 12.6. The van der Waals surface area contributed by atoms with Crippen LogP contribution in [0.15, 0.2) is 42.5 Å². The molecule has 0 radical (unpaired) electrons. The van der Waals surface area contributed by atoms with Gasteiger partial charge in [0, 0.05) is 17.7 Å². The summed E-state index contributed by atoms with van der Waals surface area (Å²) in [5, 5.41) is 5.49. The summed E-state index contributed by atoms with van der Waals surface area (Å²) in [5.74, 6) is 0.0211. The van der Waals surface area contributed by atoms with Crippen molar-refractivity contribution in [1.29, 1.82) is 0 Å². The number of halogens is 1. The van der Waals surface area contributed by atoms with Gasteiger partial charge in [-0.2, -0.15) is 0 Å². The minimum absolute atomic E-state index is 0.179. The first-order valence-electron chi connectivity index (χ1n) is 8.24. The highest BCUT2D eigenvalue weighted by molar-refractivity contribution is 6.29. The van der Waals surface area contributed by atoms with Crippen LogP contribution in [0.25, 0.3) is 0 Å². The molecule has 0 bridgehead atoms. The first-order valence-corrected chi connectivity index (χ1v) is 8.78. The number of anilines is 2. The average Bonchev–Trinajstić information content (AvgIpc) is 2.65. The summed E-state index contributed by atoms with van der Waals surface area (Å²) in [6, 6.07) is 12.1. The lowest BCUT2D eigenvalue weighted by Crippen LogP contribution is -2.16. The molecule has 7 heteroatoms. The number of carbonyl (C=O) groups excluding carboxylic acids is 2. The van der Waals surface area contributed by atoms with Crippen molar-refractivity contribution in [3.8, 4) is 11.5 Å². The highest BCUT2D eigenvalue weighted by Crippen LogP contribution is 2.37. The highest BCUT2D eigenvalue weighted by Gasteiger charge is 2.16. The largest absolute Gasteiger partial charge is 0.492 e. The third kappa shape index (κ3) is 5.13. The zero-order valence-electron chi connectivity index (χ0n) is 14.7. The second-order valence-corrected chi connectivity index (χ2v) is 5.48. The van der Waals surface area contributed by atoms with Crippen LogP contribution in [0.3, 0.4) is 0 Å². The SMILES string of the molecule is CCOc1cc(NC(=O)c2ccccc2)c(OCC)cc1NC(=O)CCl. The van der Waals surface area contributed by atoms with E-state index in [2.05, 4.69) is 10.6 Å². The van der Waals surface area contributed by atoms with Crippen molar-refractivity contribution in [3.63, 3.8) is 0 Å². The maximum atomic E-state index is 12.5. The molecule has 0 saturated carbocycles. The monoisotopic (exact) mass is 376 g/mol. The molecule has 2 rings (SSSR count). The van der Waals surface area contributed by atoms with Crippen molar-refractivity contribution < 1.29 is 19.1 Å². The number of carbonyl (C=O) groups is 2. The number of hydrogen-bond donors (Lipinski definition) is 2. The summed E-state index contributed by atoms with van der Waals surface area (Å²) < 4.78 is 11.2. The Kier molecular flexibility index (Phi) is 7.29. The molecular formula is C19H21ClN2O4. The van der Waals surface area contributed by atoms with E-state index in [1.54, 1.807) is 36.4 Å². The van der Waals surface area contributed by atoms with Gasteiger partial charge in [-0.1, -0.05) is 18.2 Å². The molecule has 0 saturated heterocycles. The summed E-state index contributed by atoms with van der Waals surface area (Å²) in [5.41, 5.74) is 1.40. The Morgan fingerprint density at radius 1 is 0.923 bits per heavy atom. The fraction of sp³-hybridized carbons (Fsp3) is 0.263. The molecule has 2 aromatic carbocycles. The van der Waals surface area contributed by atoms with Gasteiger partial charge in [-0.3, -0.25) is 9.59 Å². The Hall–Kier alpha value is -2.73. The molecule has 2 amide bonds. The number of hydrogen-bond acceptors (Lipinski definition) is 4. The van der Waals surface area contributed by atoms with E-state index in [1.807, 2.05) is 19.9 Å². The molecule has 0 aliphatic rings. The fourth-order valence-corrected chi connectivity index (χ4v) is 2.34. The van der Waals surface area contributed by atoms with E-state index in [9.17, 15) is 9.59 Å². The van der Waals surface area contributed by atoms with Gasteiger partial charge in [0.2, 0.25) is 5.91 Å². The molecule has 0 aliphatic heterocycles. The van der Waals surface area contributed by atoms with Crippen molar-refractivity contribution in [3.05, 3.63) is 48.0 Å². The molecule has 2 aromatic rings. The maximum absolute atomic E-state index is 12.5. The van der Waals surface area contributed by atoms with Crippen molar-refractivity contribution in [2.75, 3.05) is 29.7 Å². The molecule has 26 heavy (non-hydrogen) atoms. The quantitative estimate of drug-likeness (QED) is 0.685. The Balaban J connectivity index is 2.38. The van der Waals surface area contributed by atoms with Gasteiger partial charge in [0.05, 0.1) is 24.6 Å². The molecule has 138 valence electrons. The Labute approximate surface area is 157 Å². The third-order valence-corrected chi connectivity index (χ3v) is 3.60. The molecule has 0 aliphatic carbocycles. The third-order valence-electron chi connectivity index (χ3n) is 3.36. The number of rotatable bonds is 8. The van der Waals surface area contributed by atoms with E-state index >= 15 is 0 Å². The average molecular weight is 377 g/mol. The number of nitrogens with one attached hydrogen (secondary N) is 2. The second kappa shape index (κ2) is 9.68. The summed E-state index contributed by atoms with van der Waals surface area (Å²) in [6.45, 7) is 4.44. The van der Waals surface area contributed by atoms with Crippen LogP contribution in [0.1, 0.15) is 24.2 Å². The Bertz CT molecular complexity index is 766. The molecule has 2 N–H and O–H groups in total. The normalized spacial score (nSPS) is 10.1. The van der Waals surface area contributed by atoms with Gasteiger partial charge < -0.3 is 20.1 Å². The maximum Gasteiger partial charge on any atom is 0.255 e. The van der Waals surface area contributed by atoms with Gasteiger partial charge in [0.25, 0.3) is 5.91 Å². The molecular weight excluding hydrogens is 356 g/mol. The van der Waals surface area contributed by atoms with Crippen LogP contribution in [-0.4, -0.2) is 30.9 Å². The van der Waals surface area contributed by atoms with E-state index in [-0.39, 0.29) is 17.7 Å². The van der Waals surface area contributed by atoms with Crippen molar-refractivity contribution >= 4 is 34.8 Å². The summed E-state index contributed by atoms with van der Waals surface area (Å²) in [4.78, 5) is 24.1. The first kappa shape index (κ1) is 19.6. The predicted octanol–water partition coefficient (Wildman–Crippen LogP) is 3.91. The van der Waals surface area contributed by atoms with Crippen LogP contribution in [-0.2, 0) is 4.79 Å². The standard InChI is InChI=1S/C19H21ClN2O4/c1-3-25-16-11-15(22-19(24)13-8-6-5-7-9-13)17(26-4-2)10-14(16)21-18(23)12-20/h5-11H,3-4,12H2,1-2H3,(H,21,23)(H,22,24). The van der Waals surface area contributed by atoms with Crippen molar-refractivity contribution in [2.45, 2.75) is 13.8 Å². The molecule has 0 aromatic heterocycles.